The minimum absolute atomic E-state index is 0.00919. The lowest BCUT2D eigenvalue weighted by Crippen LogP contribution is -2.25. The van der Waals surface area contributed by atoms with Gasteiger partial charge in [-0.1, -0.05) is 15.9 Å². The Labute approximate surface area is 85.4 Å². The molecule has 0 amide bonds. The van der Waals surface area contributed by atoms with E-state index in [0.29, 0.717) is 6.54 Å². The fourth-order valence-electron chi connectivity index (χ4n) is 1.18. The van der Waals surface area contributed by atoms with Gasteiger partial charge in [0.15, 0.2) is 0 Å². The summed E-state index contributed by atoms with van der Waals surface area (Å²) in [7, 11) is 1.80. The highest BCUT2D eigenvalue weighted by atomic mass is 79.9. The molecule has 0 aliphatic rings. The van der Waals surface area contributed by atoms with Gasteiger partial charge in [0, 0.05) is 17.1 Å². The summed E-state index contributed by atoms with van der Waals surface area (Å²) in [5, 5.41) is 3.01. The molecule has 1 atom stereocenters. The van der Waals surface area contributed by atoms with Crippen LogP contribution in [0.1, 0.15) is 11.6 Å². The van der Waals surface area contributed by atoms with Gasteiger partial charge in [0.1, 0.15) is 5.82 Å². The molecular formula is C9H12BrFN2. The summed E-state index contributed by atoms with van der Waals surface area (Å²) in [6.07, 6.45) is 0. The van der Waals surface area contributed by atoms with Gasteiger partial charge in [0.05, 0.1) is 0 Å². The number of rotatable bonds is 3. The Kier molecular flexibility index (Phi) is 3.84. The molecule has 1 aromatic carbocycles. The van der Waals surface area contributed by atoms with Crippen LogP contribution >= 0.6 is 15.9 Å². The summed E-state index contributed by atoms with van der Waals surface area (Å²) in [5.41, 5.74) is 6.38. The highest BCUT2D eigenvalue weighted by Gasteiger charge is 2.11. The first-order chi connectivity index (χ1) is 6.19. The number of likely N-dealkylation sites (N-methyl/N-ethyl adjacent to an activating group) is 1. The Balaban J connectivity index is 3.03. The fourth-order valence-corrected chi connectivity index (χ4v) is 1.70. The van der Waals surface area contributed by atoms with Gasteiger partial charge in [-0.15, -0.1) is 0 Å². The second kappa shape index (κ2) is 4.69. The third-order valence-electron chi connectivity index (χ3n) is 1.92. The molecule has 13 heavy (non-hydrogen) atoms. The molecule has 0 bridgehead atoms. The van der Waals surface area contributed by atoms with Crippen molar-refractivity contribution in [2.24, 2.45) is 5.73 Å². The van der Waals surface area contributed by atoms with Gasteiger partial charge in [-0.25, -0.2) is 4.39 Å². The molecular weight excluding hydrogens is 235 g/mol. The lowest BCUT2D eigenvalue weighted by Gasteiger charge is -2.15. The second-order valence-corrected chi connectivity index (χ2v) is 3.60. The van der Waals surface area contributed by atoms with Crippen LogP contribution in [0.4, 0.5) is 4.39 Å². The molecule has 0 spiro atoms. The van der Waals surface area contributed by atoms with Gasteiger partial charge >= 0.3 is 0 Å². The van der Waals surface area contributed by atoms with Crippen molar-refractivity contribution >= 4 is 15.9 Å². The van der Waals surface area contributed by atoms with Crippen LogP contribution in [0, 0.1) is 5.82 Å². The number of benzene rings is 1. The maximum absolute atomic E-state index is 12.9. The maximum Gasteiger partial charge on any atom is 0.123 e. The zero-order chi connectivity index (χ0) is 9.84. The van der Waals surface area contributed by atoms with E-state index in [-0.39, 0.29) is 11.9 Å². The van der Waals surface area contributed by atoms with Gasteiger partial charge in [0.2, 0.25) is 0 Å². The minimum Gasteiger partial charge on any atom is -0.329 e. The van der Waals surface area contributed by atoms with Crippen LogP contribution in [-0.2, 0) is 0 Å². The molecule has 3 N–H and O–H groups in total. The van der Waals surface area contributed by atoms with Gasteiger partial charge in [-0.2, -0.15) is 0 Å². The third kappa shape index (κ3) is 2.49. The van der Waals surface area contributed by atoms with Crippen LogP contribution in [0.25, 0.3) is 0 Å². The predicted molar refractivity (Wildman–Crippen MR) is 55.0 cm³/mol. The standard InChI is InChI=1S/C9H12BrFN2/c1-13-9(5-12)7-4-6(11)2-3-8(7)10/h2-4,9,13H,5,12H2,1H3. The molecule has 1 unspecified atom stereocenters. The molecule has 0 aliphatic heterocycles. The average Bonchev–Trinajstić information content (AvgIpc) is 2.13. The highest BCUT2D eigenvalue weighted by Crippen LogP contribution is 2.23. The molecule has 0 heterocycles. The zero-order valence-corrected chi connectivity index (χ0v) is 8.94. The van der Waals surface area contributed by atoms with E-state index in [1.807, 2.05) is 0 Å². The van der Waals surface area contributed by atoms with Crippen LogP contribution in [-0.4, -0.2) is 13.6 Å². The topological polar surface area (TPSA) is 38.0 Å². The smallest absolute Gasteiger partial charge is 0.123 e. The molecule has 0 saturated heterocycles. The predicted octanol–water partition coefficient (Wildman–Crippen LogP) is 1.81. The first-order valence-corrected chi connectivity index (χ1v) is 4.80. The summed E-state index contributed by atoms with van der Waals surface area (Å²) in [4.78, 5) is 0. The van der Waals surface area contributed by atoms with Crippen LogP contribution in [0.5, 0.6) is 0 Å². The lowest BCUT2D eigenvalue weighted by molar-refractivity contribution is 0.585. The molecule has 0 aliphatic carbocycles. The Morgan fingerprint density at radius 2 is 2.31 bits per heavy atom. The van der Waals surface area contributed by atoms with Crippen molar-refractivity contribution in [3.63, 3.8) is 0 Å². The molecule has 2 nitrogen and oxygen atoms in total. The normalized spacial score (nSPS) is 12.9. The van der Waals surface area contributed by atoms with Crippen LogP contribution in [0.2, 0.25) is 0 Å². The number of nitrogens with one attached hydrogen (secondary N) is 1. The van der Waals surface area contributed by atoms with Crippen molar-refractivity contribution in [2.75, 3.05) is 13.6 Å². The van der Waals surface area contributed by atoms with Crippen molar-refractivity contribution in [3.8, 4) is 0 Å². The number of halogens is 2. The monoisotopic (exact) mass is 246 g/mol. The molecule has 4 heteroatoms. The lowest BCUT2D eigenvalue weighted by atomic mass is 10.1. The summed E-state index contributed by atoms with van der Waals surface area (Å²) in [5.74, 6) is -0.244. The van der Waals surface area contributed by atoms with Crippen molar-refractivity contribution in [1.82, 2.24) is 5.32 Å². The van der Waals surface area contributed by atoms with E-state index >= 15 is 0 Å². The molecule has 0 saturated carbocycles. The second-order valence-electron chi connectivity index (χ2n) is 2.74. The highest BCUT2D eigenvalue weighted by molar-refractivity contribution is 9.10. The number of nitrogens with two attached hydrogens (primary N) is 1. The third-order valence-corrected chi connectivity index (χ3v) is 2.64. The summed E-state index contributed by atoms with van der Waals surface area (Å²) >= 11 is 3.35. The van der Waals surface area contributed by atoms with Gasteiger partial charge in [-0.3, -0.25) is 0 Å². The van der Waals surface area contributed by atoms with Crippen molar-refractivity contribution < 1.29 is 4.39 Å². The van der Waals surface area contributed by atoms with Crippen LogP contribution in [0.15, 0.2) is 22.7 Å². The molecule has 0 radical (unpaired) electrons. The van der Waals surface area contributed by atoms with E-state index in [1.165, 1.54) is 12.1 Å². The molecule has 0 fully saturated rings. The molecule has 1 aromatic rings. The number of hydrogen-bond donors (Lipinski definition) is 2. The SMILES string of the molecule is CNC(CN)c1cc(F)ccc1Br. The first-order valence-electron chi connectivity index (χ1n) is 4.01. The minimum atomic E-state index is -0.244. The quantitative estimate of drug-likeness (QED) is 0.854. The molecule has 0 aromatic heterocycles. The Bertz CT molecular complexity index is 287. The van der Waals surface area contributed by atoms with Crippen LogP contribution in [0.3, 0.4) is 0 Å². The van der Waals surface area contributed by atoms with E-state index in [2.05, 4.69) is 21.2 Å². The van der Waals surface area contributed by atoms with E-state index < -0.39 is 0 Å². The Morgan fingerprint density at radius 3 is 2.85 bits per heavy atom. The summed E-state index contributed by atoms with van der Waals surface area (Å²) in [6.45, 7) is 0.443. The average molecular weight is 247 g/mol. The van der Waals surface area contributed by atoms with Crippen molar-refractivity contribution in [1.29, 1.82) is 0 Å². The zero-order valence-electron chi connectivity index (χ0n) is 7.35. The van der Waals surface area contributed by atoms with E-state index in [4.69, 9.17) is 5.73 Å². The maximum atomic E-state index is 12.9. The summed E-state index contributed by atoms with van der Waals surface area (Å²) < 4.78 is 13.8. The number of hydrogen-bond acceptors (Lipinski definition) is 2. The van der Waals surface area contributed by atoms with Gasteiger partial charge in [0.25, 0.3) is 0 Å². The first kappa shape index (κ1) is 10.6. The van der Waals surface area contributed by atoms with Crippen molar-refractivity contribution in [3.05, 3.63) is 34.1 Å². The van der Waals surface area contributed by atoms with E-state index in [1.54, 1.807) is 13.1 Å². The van der Waals surface area contributed by atoms with Gasteiger partial charge < -0.3 is 11.1 Å². The summed E-state index contributed by atoms with van der Waals surface area (Å²) in [6, 6.07) is 4.57. The van der Waals surface area contributed by atoms with Crippen molar-refractivity contribution in [2.45, 2.75) is 6.04 Å². The Hall–Kier alpha value is -0.450. The van der Waals surface area contributed by atoms with Gasteiger partial charge in [-0.05, 0) is 30.8 Å². The fraction of sp³-hybridized carbons (Fsp3) is 0.333. The Morgan fingerprint density at radius 1 is 1.62 bits per heavy atom. The molecule has 1 rings (SSSR count). The van der Waals surface area contributed by atoms with E-state index in [9.17, 15) is 4.39 Å². The van der Waals surface area contributed by atoms with Crippen LogP contribution < -0.4 is 11.1 Å². The van der Waals surface area contributed by atoms with E-state index in [0.717, 1.165) is 10.0 Å². The molecule has 72 valence electrons. The largest absolute Gasteiger partial charge is 0.329 e.